The van der Waals surface area contributed by atoms with Gasteiger partial charge in [-0.1, -0.05) is 146 Å². The Morgan fingerprint density at radius 1 is 0.317 bits per heavy atom. The predicted octanol–water partition coefficient (Wildman–Crippen LogP) is 11.3. The molecule has 0 aromatic heterocycles. The normalized spacial score (nSPS) is 10.9. The lowest BCUT2D eigenvalue weighted by Crippen LogP contribution is -2.11. The van der Waals surface area contributed by atoms with Crippen molar-refractivity contribution in [1.82, 2.24) is 0 Å². The van der Waals surface area contributed by atoms with Crippen molar-refractivity contribution in [1.29, 1.82) is 0 Å². The van der Waals surface area contributed by atoms with Gasteiger partial charge in [-0.3, -0.25) is 0 Å². The van der Waals surface area contributed by atoms with Crippen LogP contribution >= 0.6 is 0 Å². The molecule has 1 nitrogen and oxygen atoms in total. The zero-order chi connectivity index (χ0) is 27.4. The van der Waals surface area contributed by atoms with E-state index in [4.69, 9.17) is 0 Å². The molecule has 0 aliphatic carbocycles. The Balaban J connectivity index is 1.37. The van der Waals surface area contributed by atoms with Crippen LogP contribution in [0.2, 0.25) is 0 Å². The van der Waals surface area contributed by atoms with E-state index in [1.54, 1.807) is 0 Å². The van der Waals surface area contributed by atoms with Gasteiger partial charge < -0.3 is 4.90 Å². The molecule has 0 spiro atoms. The van der Waals surface area contributed by atoms with Crippen LogP contribution in [0.25, 0.3) is 44.2 Å². The molecular formula is C40H29N. The maximum atomic E-state index is 2.35. The van der Waals surface area contributed by atoms with Crippen LogP contribution in [0.1, 0.15) is 0 Å². The van der Waals surface area contributed by atoms with Crippen LogP contribution in [0.3, 0.4) is 0 Å². The van der Waals surface area contributed by atoms with Gasteiger partial charge in [-0.25, -0.2) is 0 Å². The van der Waals surface area contributed by atoms with Gasteiger partial charge in [0.15, 0.2) is 0 Å². The van der Waals surface area contributed by atoms with Crippen LogP contribution in [0, 0.1) is 0 Å². The quantitative estimate of drug-likeness (QED) is 0.209. The highest BCUT2D eigenvalue weighted by Gasteiger charge is 2.18. The molecule has 0 unspecified atom stereocenters. The minimum absolute atomic E-state index is 1.12. The summed E-state index contributed by atoms with van der Waals surface area (Å²) in [4.78, 5) is 2.35. The van der Waals surface area contributed by atoms with Gasteiger partial charge in [0.1, 0.15) is 0 Å². The Kier molecular flexibility index (Phi) is 6.61. The van der Waals surface area contributed by atoms with Crippen molar-refractivity contribution in [3.63, 3.8) is 0 Å². The second-order valence-corrected chi connectivity index (χ2v) is 10.2. The minimum atomic E-state index is 1.12. The van der Waals surface area contributed by atoms with Crippen LogP contribution in [0.5, 0.6) is 0 Å². The third kappa shape index (κ3) is 4.79. The molecule has 0 saturated carbocycles. The van der Waals surface area contributed by atoms with Crippen LogP contribution < -0.4 is 4.90 Å². The average molecular weight is 524 g/mol. The van der Waals surface area contributed by atoms with Crippen LogP contribution in [0.4, 0.5) is 17.1 Å². The van der Waals surface area contributed by atoms with Crippen molar-refractivity contribution < 1.29 is 0 Å². The third-order valence-corrected chi connectivity index (χ3v) is 7.67. The van der Waals surface area contributed by atoms with E-state index in [0.717, 1.165) is 17.1 Å². The Hall–Kier alpha value is -5.40. The molecule has 41 heavy (non-hydrogen) atoms. The van der Waals surface area contributed by atoms with Gasteiger partial charge >= 0.3 is 0 Å². The summed E-state index contributed by atoms with van der Waals surface area (Å²) in [6.07, 6.45) is 0. The molecule has 7 aromatic carbocycles. The monoisotopic (exact) mass is 523 g/mol. The lowest BCUT2D eigenvalue weighted by atomic mass is 9.89. The molecule has 0 N–H and O–H groups in total. The number of anilines is 3. The van der Waals surface area contributed by atoms with Crippen molar-refractivity contribution in [2.24, 2.45) is 0 Å². The molecule has 0 aliphatic rings. The summed E-state index contributed by atoms with van der Waals surface area (Å²) in [6, 6.07) is 62.8. The van der Waals surface area contributed by atoms with E-state index in [-0.39, 0.29) is 0 Å². The van der Waals surface area contributed by atoms with Gasteiger partial charge in [-0.2, -0.15) is 0 Å². The first-order valence-electron chi connectivity index (χ1n) is 14.0. The van der Waals surface area contributed by atoms with Gasteiger partial charge in [0, 0.05) is 16.9 Å². The van der Waals surface area contributed by atoms with Gasteiger partial charge in [-0.15, -0.1) is 0 Å². The molecule has 1 heteroatoms. The van der Waals surface area contributed by atoms with E-state index in [1.807, 2.05) is 0 Å². The van der Waals surface area contributed by atoms with Gasteiger partial charge in [0.25, 0.3) is 0 Å². The van der Waals surface area contributed by atoms with E-state index >= 15 is 0 Å². The van der Waals surface area contributed by atoms with E-state index in [1.165, 1.54) is 44.2 Å². The van der Waals surface area contributed by atoms with Gasteiger partial charge in [0.2, 0.25) is 0 Å². The fourth-order valence-corrected chi connectivity index (χ4v) is 5.75. The first-order chi connectivity index (χ1) is 20.4. The second kappa shape index (κ2) is 11.0. The average Bonchev–Trinajstić information content (AvgIpc) is 3.06. The summed E-state index contributed by atoms with van der Waals surface area (Å²) in [5, 5.41) is 2.52. The van der Waals surface area contributed by atoms with Crippen LogP contribution in [-0.4, -0.2) is 0 Å². The number of fused-ring (bicyclic) bond motifs is 1. The summed E-state index contributed by atoms with van der Waals surface area (Å²) in [5.74, 6) is 0. The van der Waals surface area contributed by atoms with E-state index in [9.17, 15) is 0 Å². The zero-order valence-corrected chi connectivity index (χ0v) is 22.7. The van der Waals surface area contributed by atoms with E-state index in [2.05, 4.69) is 181 Å². The largest absolute Gasteiger partial charge is 0.310 e. The smallest absolute Gasteiger partial charge is 0.0540 e. The molecule has 0 atom stereocenters. The number of hydrogen-bond donors (Lipinski definition) is 0. The standard InChI is InChI=1S/C40H29N/c1-4-14-30(15-5-1)36-21-12-13-23-39(36)41(34-19-8-3-9-20-34)35-27-24-32(25-28-35)38-29-26-31-16-10-11-22-37(31)40(38)33-17-6-2-7-18-33/h1-29H. The molecular weight excluding hydrogens is 494 g/mol. The summed E-state index contributed by atoms with van der Waals surface area (Å²) in [7, 11) is 0. The highest BCUT2D eigenvalue weighted by Crippen LogP contribution is 2.42. The lowest BCUT2D eigenvalue weighted by Gasteiger charge is -2.28. The maximum absolute atomic E-state index is 2.35. The number of nitrogens with zero attached hydrogens (tertiary/aromatic N) is 1. The molecule has 0 heterocycles. The molecule has 7 rings (SSSR count). The number of rotatable bonds is 6. The highest BCUT2D eigenvalue weighted by molar-refractivity contribution is 6.04. The Bertz CT molecular complexity index is 1910. The first-order valence-corrected chi connectivity index (χ1v) is 14.0. The van der Waals surface area contributed by atoms with E-state index < -0.39 is 0 Å². The fourth-order valence-electron chi connectivity index (χ4n) is 5.75. The van der Waals surface area contributed by atoms with Crippen molar-refractivity contribution in [3.05, 3.63) is 176 Å². The second-order valence-electron chi connectivity index (χ2n) is 10.2. The summed E-state index contributed by atoms with van der Waals surface area (Å²) < 4.78 is 0. The number of benzene rings is 7. The Labute approximate surface area is 241 Å². The molecule has 194 valence electrons. The SMILES string of the molecule is c1ccc(-c2ccccc2N(c2ccccc2)c2ccc(-c3ccc4ccccc4c3-c3ccccc3)cc2)cc1. The lowest BCUT2D eigenvalue weighted by molar-refractivity contribution is 1.28. The molecule has 0 bridgehead atoms. The van der Waals surface area contributed by atoms with Gasteiger partial charge in [-0.05, 0) is 68.9 Å². The zero-order valence-electron chi connectivity index (χ0n) is 22.7. The topological polar surface area (TPSA) is 3.24 Å². The fraction of sp³-hybridized carbons (Fsp3) is 0. The van der Waals surface area contributed by atoms with E-state index in [0.29, 0.717) is 0 Å². The van der Waals surface area contributed by atoms with Crippen molar-refractivity contribution in [2.75, 3.05) is 4.90 Å². The molecule has 0 aliphatic heterocycles. The summed E-state index contributed by atoms with van der Waals surface area (Å²) in [5.41, 5.74) is 10.7. The molecule has 0 radical (unpaired) electrons. The third-order valence-electron chi connectivity index (χ3n) is 7.67. The maximum Gasteiger partial charge on any atom is 0.0540 e. The van der Waals surface area contributed by atoms with Crippen molar-refractivity contribution >= 4 is 27.8 Å². The molecule has 0 amide bonds. The summed E-state index contributed by atoms with van der Waals surface area (Å²) >= 11 is 0. The minimum Gasteiger partial charge on any atom is -0.310 e. The van der Waals surface area contributed by atoms with Crippen molar-refractivity contribution in [3.8, 4) is 33.4 Å². The molecule has 7 aromatic rings. The predicted molar refractivity (Wildman–Crippen MR) is 175 cm³/mol. The van der Waals surface area contributed by atoms with Crippen LogP contribution in [0.15, 0.2) is 176 Å². The molecule has 0 saturated heterocycles. The molecule has 0 fully saturated rings. The number of hydrogen-bond acceptors (Lipinski definition) is 1. The first kappa shape index (κ1) is 24.6. The van der Waals surface area contributed by atoms with Gasteiger partial charge in [0.05, 0.1) is 5.69 Å². The van der Waals surface area contributed by atoms with Crippen LogP contribution in [-0.2, 0) is 0 Å². The highest BCUT2D eigenvalue weighted by atomic mass is 15.1. The Morgan fingerprint density at radius 3 is 1.59 bits per heavy atom. The number of para-hydroxylation sites is 2. The Morgan fingerprint density at radius 2 is 0.854 bits per heavy atom. The van der Waals surface area contributed by atoms with Crippen molar-refractivity contribution in [2.45, 2.75) is 0 Å². The summed E-state index contributed by atoms with van der Waals surface area (Å²) in [6.45, 7) is 0.